The third-order valence-corrected chi connectivity index (χ3v) is 5.22. The molecule has 0 bridgehead atoms. The number of rotatable bonds is 2. The zero-order valence-electron chi connectivity index (χ0n) is 11.1. The second-order valence-electron chi connectivity index (χ2n) is 6.42. The molecule has 0 amide bonds. The van der Waals surface area contributed by atoms with Crippen molar-refractivity contribution < 1.29 is 0 Å². The highest BCUT2D eigenvalue weighted by atomic mass is 14.4. The normalized spacial score (nSPS) is 42.7. The summed E-state index contributed by atoms with van der Waals surface area (Å²) in [6, 6.07) is 2.51. The van der Waals surface area contributed by atoms with Crippen LogP contribution in [0.2, 0.25) is 0 Å². The van der Waals surface area contributed by atoms with Gasteiger partial charge in [-0.15, -0.1) is 6.58 Å². The number of hydrogen-bond donors (Lipinski definition) is 0. The first-order valence-electron chi connectivity index (χ1n) is 7.21. The standard InChI is InChI=1S/C16H25N/c1-3-13-4-6-14(7-5-13)15-8-10-16(2,12-17)11-9-15/h3,13-15H,1,4-11H2,2H3. The minimum absolute atomic E-state index is 0.0190. The quantitative estimate of drug-likeness (QED) is 0.632. The smallest absolute Gasteiger partial charge is 0.0686 e. The molecule has 2 fully saturated rings. The van der Waals surface area contributed by atoms with E-state index in [0.717, 1.165) is 30.6 Å². The van der Waals surface area contributed by atoms with Crippen LogP contribution in [-0.2, 0) is 0 Å². The molecule has 0 aliphatic heterocycles. The van der Waals surface area contributed by atoms with Gasteiger partial charge >= 0.3 is 0 Å². The molecule has 1 nitrogen and oxygen atoms in total. The molecule has 0 spiro atoms. The van der Waals surface area contributed by atoms with E-state index in [9.17, 15) is 0 Å². The molecule has 0 N–H and O–H groups in total. The highest BCUT2D eigenvalue weighted by molar-refractivity contribution is 4.99. The lowest BCUT2D eigenvalue weighted by Crippen LogP contribution is -2.29. The monoisotopic (exact) mass is 231 g/mol. The maximum Gasteiger partial charge on any atom is 0.0686 e. The SMILES string of the molecule is C=CC1CCC(C2CCC(C)(C#N)CC2)CC1. The van der Waals surface area contributed by atoms with E-state index in [1.54, 1.807) is 0 Å². The van der Waals surface area contributed by atoms with Crippen molar-refractivity contribution in [3.63, 3.8) is 0 Å². The molecule has 0 radical (unpaired) electrons. The number of allylic oxidation sites excluding steroid dienone is 1. The van der Waals surface area contributed by atoms with Crippen molar-refractivity contribution in [3.05, 3.63) is 12.7 Å². The second-order valence-corrected chi connectivity index (χ2v) is 6.42. The molecule has 2 rings (SSSR count). The van der Waals surface area contributed by atoms with Gasteiger partial charge in [-0.3, -0.25) is 0 Å². The van der Waals surface area contributed by atoms with Crippen LogP contribution in [0.25, 0.3) is 0 Å². The van der Waals surface area contributed by atoms with Crippen LogP contribution in [-0.4, -0.2) is 0 Å². The Morgan fingerprint density at radius 2 is 1.59 bits per heavy atom. The van der Waals surface area contributed by atoms with E-state index in [2.05, 4.69) is 25.6 Å². The minimum Gasteiger partial charge on any atom is -0.198 e. The topological polar surface area (TPSA) is 23.8 Å². The van der Waals surface area contributed by atoms with E-state index < -0.39 is 0 Å². The van der Waals surface area contributed by atoms with Crippen molar-refractivity contribution in [1.29, 1.82) is 5.26 Å². The minimum atomic E-state index is -0.0190. The Morgan fingerprint density at radius 1 is 1.06 bits per heavy atom. The first-order valence-corrected chi connectivity index (χ1v) is 7.21. The van der Waals surface area contributed by atoms with Crippen LogP contribution in [0, 0.1) is 34.5 Å². The molecule has 1 heteroatoms. The molecule has 2 aliphatic carbocycles. The maximum absolute atomic E-state index is 9.15. The molecule has 2 aliphatic rings. The van der Waals surface area contributed by atoms with Gasteiger partial charge in [-0.25, -0.2) is 0 Å². The van der Waals surface area contributed by atoms with Gasteiger partial charge in [0.05, 0.1) is 11.5 Å². The molecule has 0 aromatic heterocycles. The maximum atomic E-state index is 9.15. The zero-order valence-corrected chi connectivity index (χ0v) is 11.1. The molecule has 0 aromatic rings. The zero-order chi connectivity index (χ0) is 12.3. The van der Waals surface area contributed by atoms with Gasteiger partial charge in [-0.2, -0.15) is 5.26 Å². The van der Waals surface area contributed by atoms with Gasteiger partial charge in [-0.05, 0) is 76.0 Å². The van der Waals surface area contributed by atoms with Gasteiger partial charge in [-0.1, -0.05) is 6.08 Å². The summed E-state index contributed by atoms with van der Waals surface area (Å²) in [6.45, 7) is 6.05. The van der Waals surface area contributed by atoms with Gasteiger partial charge in [0.1, 0.15) is 0 Å². The first kappa shape index (κ1) is 12.7. The van der Waals surface area contributed by atoms with Crippen molar-refractivity contribution in [1.82, 2.24) is 0 Å². The van der Waals surface area contributed by atoms with E-state index in [0.29, 0.717) is 0 Å². The molecule has 0 aromatic carbocycles. The molecule has 94 valence electrons. The Hall–Kier alpha value is -0.770. The van der Waals surface area contributed by atoms with E-state index >= 15 is 0 Å². The molecule has 2 saturated carbocycles. The van der Waals surface area contributed by atoms with Crippen LogP contribution in [0.5, 0.6) is 0 Å². The van der Waals surface area contributed by atoms with Gasteiger partial charge in [0.25, 0.3) is 0 Å². The highest BCUT2D eigenvalue weighted by Crippen LogP contribution is 2.45. The van der Waals surface area contributed by atoms with E-state index in [4.69, 9.17) is 5.26 Å². The second kappa shape index (κ2) is 5.25. The van der Waals surface area contributed by atoms with Crippen molar-refractivity contribution in [2.75, 3.05) is 0 Å². The average Bonchev–Trinajstić information content (AvgIpc) is 2.40. The largest absolute Gasteiger partial charge is 0.198 e. The molecule has 0 saturated heterocycles. The summed E-state index contributed by atoms with van der Waals surface area (Å²) in [5, 5.41) is 9.15. The lowest BCUT2D eigenvalue weighted by atomic mass is 9.65. The summed E-state index contributed by atoms with van der Waals surface area (Å²) >= 11 is 0. The Kier molecular flexibility index (Phi) is 3.92. The third kappa shape index (κ3) is 2.92. The van der Waals surface area contributed by atoms with Gasteiger partial charge < -0.3 is 0 Å². The number of nitriles is 1. The predicted molar refractivity (Wildman–Crippen MR) is 71.3 cm³/mol. The van der Waals surface area contributed by atoms with Crippen LogP contribution in [0.15, 0.2) is 12.7 Å². The summed E-state index contributed by atoms with van der Waals surface area (Å²) in [6.07, 6.45) is 12.4. The highest BCUT2D eigenvalue weighted by Gasteiger charge is 2.35. The van der Waals surface area contributed by atoms with E-state index in [1.807, 2.05) is 0 Å². The van der Waals surface area contributed by atoms with Crippen LogP contribution in [0.3, 0.4) is 0 Å². The van der Waals surface area contributed by atoms with Gasteiger partial charge in [0.2, 0.25) is 0 Å². The van der Waals surface area contributed by atoms with Crippen LogP contribution < -0.4 is 0 Å². The van der Waals surface area contributed by atoms with Crippen molar-refractivity contribution in [2.45, 2.75) is 58.3 Å². The number of hydrogen-bond acceptors (Lipinski definition) is 1. The Bertz CT molecular complexity index is 296. The van der Waals surface area contributed by atoms with Crippen molar-refractivity contribution in [2.24, 2.45) is 23.2 Å². The lowest BCUT2D eigenvalue weighted by molar-refractivity contribution is 0.137. The van der Waals surface area contributed by atoms with Gasteiger partial charge in [0.15, 0.2) is 0 Å². The average molecular weight is 231 g/mol. The van der Waals surface area contributed by atoms with E-state index in [1.165, 1.54) is 38.5 Å². The summed E-state index contributed by atoms with van der Waals surface area (Å²) in [5.74, 6) is 2.62. The summed E-state index contributed by atoms with van der Waals surface area (Å²) in [4.78, 5) is 0. The summed E-state index contributed by atoms with van der Waals surface area (Å²) < 4.78 is 0. The van der Waals surface area contributed by atoms with Crippen molar-refractivity contribution >= 4 is 0 Å². The Balaban J connectivity index is 1.82. The van der Waals surface area contributed by atoms with Crippen LogP contribution >= 0.6 is 0 Å². The lowest BCUT2D eigenvalue weighted by Gasteiger charge is -2.39. The summed E-state index contributed by atoms with van der Waals surface area (Å²) in [5.41, 5.74) is -0.0190. The van der Waals surface area contributed by atoms with Gasteiger partial charge in [0, 0.05) is 0 Å². The fourth-order valence-corrected chi connectivity index (χ4v) is 3.71. The van der Waals surface area contributed by atoms with E-state index in [-0.39, 0.29) is 5.41 Å². The first-order chi connectivity index (χ1) is 8.17. The van der Waals surface area contributed by atoms with Crippen molar-refractivity contribution in [3.8, 4) is 6.07 Å². The summed E-state index contributed by atoms with van der Waals surface area (Å²) in [7, 11) is 0. The molecule has 0 heterocycles. The van der Waals surface area contributed by atoms with Crippen LogP contribution in [0.4, 0.5) is 0 Å². The molecular weight excluding hydrogens is 206 g/mol. The van der Waals surface area contributed by atoms with Crippen LogP contribution in [0.1, 0.15) is 58.3 Å². The number of nitrogens with zero attached hydrogens (tertiary/aromatic N) is 1. The molecule has 17 heavy (non-hydrogen) atoms. The predicted octanol–water partition coefficient (Wildman–Crippen LogP) is 4.70. The molecule has 0 atom stereocenters. The molecule has 0 unspecified atom stereocenters. The molecular formula is C16H25N. The Labute approximate surface area is 106 Å². The fraction of sp³-hybridized carbons (Fsp3) is 0.812. The Morgan fingerprint density at radius 3 is 2.06 bits per heavy atom. The third-order valence-electron chi connectivity index (χ3n) is 5.22. The fourth-order valence-electron chi connectivity index (χ4n) is 3.71.